The van der Waals surface area contributed by atoms with Crippen molar-refractivity contribution in [2.24, 2.45) is 0 Å². The number of nitrogens with zero attached hydrogens (tertiary/aromatic N) is 5. The van der Waals surface area contributed by atoms with Gasteiger partial charge in [-0.1, -0.05) is 30.7 Å². The van der Waals surface area contributed by atoms with Crippen LogP contribution in [0.4, 0.5) is 5.69 Å². The van der Waals surface area contributed by atoms with Crippen molar-refractivity contribution in [3.63, 3.8) is 0 Å². The molecule has 1 heterocycles. The number of rotatable bonds is 7. The first-order valence-corrected chi connectivity index (χ1v) is 9.58. The Morgan fingerprint density at radius 3 is 2.69 bits per heavy atom. The fourth-order valence-corrected chi connectivity index (χ4v) is 3.26. The number of anilines is 1. The van der Waals surface area contributed by atoms with E-state index in [4.69, 9.17) is 16.9 Å². The number of hydrogen-bond donors (Lipinski definition) is 1. The Hall–Kier alpha value is -3.21. The van der Waals surface area contributed by atoms with E-state index in [1.807, 2.05) is 26.0 Å². The van der Waals surface area contributed by atoms with Gasteiger partial charge in [-0.05, 0) is 49.4 Å². The van der Waals surface area contributed by atoms with Gasteiger partial charge in [0.2, 0.25) is 5.91 Å². The smallest absolute Gasteiger partial charge is 0.238 e. The summed E-state index contributed by atoms with van der Waals surface area (Å²) in [5.41, 5.74) is 2.91. The van der Waals surface area contributed by atoms with E-state index < -0.39 is 0 Å². The number of nitriles is 1. The summed E-state index contributed by atoms with van der Waals surface area (Å²) in [5, 5.41) is 16.5. The highest BCUT2D eigenvalue weighted by atomic mass is 35.5. The maximum Gasteiger partial charge on any atom is 0.238 e. The Balaban J connectivity index is 1.74. The molecule has 8 heteroatoms. The van der Waals surface area contributed by atoms with Crippen LogP contribution in [0.15, 0.2) is 55.1 Å². The number of hydrogen-bond acceptors (Lipinski definition) is 5. The summed E-state index contributed by atoms with van der Waals surface area (Å²) >= 11 is 6.12. The highest BCUT2D eigenvalue weighted by molar-refractivity contribution is 6.31. The number of carbonyl (C=O) groups is 1. The second-order valence-electron chi connectivity index (χ2n) is 6.52. The van der Waals surface area contributed by atoms with E-state index in [1.165, 1.54) is 6.33 Å². The molecule has 1 aromatic heterocycles. The molecule has 0 bridgehead atoms. The Labute approximate surface area is 174 Å². The average Bonchev–Trinajstić information content (AvgIpc) is 3.26. The van der Waals surface area contributed by atoms with Crippen LogP contribution in [0.2, 0.25) is 5.02 Å². The van der Waals surface area contributed by atoms with Crippen molar-refractivity contribution in [2.45, 2.75) is 19.9 Å². The van der Waals surface area contributed by atoms with E-state index in [0.717, 1.165) is 5.56 Å². The standard InChI is InChI=1S/C21H21ClN6O/c1-3-27(15(2)17-6-4-16(11-23)5-7-17)12-21(29)26-19-10-18(22)8-9-20(19)28-14-24-13-25-28/h4-10,13-15H,3,12H2,1-2H3,(H,26,29). The number of amides is 1. The molecule has 3 aromatic rings. The number of benzene rings is 2. The molecule has 0 spiro atoms. The zero-order chi connectivity index (χ0) is 20.8. The van der Waals surface area contributed by atoms with Gasteiger partial charge >= 0.3 is 0 Å². The number of aromatic nitrogens is 3. The number of likely N-dealkylation sites (N-methyl/N-ethyl adjacent to an activating group) is 1. The molecule has 3 rings (SSSR count). The molecule has 0 saturated heterocycles. The molecule has 29 heavy (non-hydrogen) atoms. The summed E-state index contributed by atoms with van der Waals surface area (Å²) in [7, 11) is 0. The van der Waals surface area contributed by atoms with Crippen LogP contribution in [0.5, 0.6) is 0 Å². The Morgan fingerprint density at radius 2 is 2.07 bits per heavy atom. The van der Waals surface area contributed by atoms with Crippen LogP contribution in [0.25, 0.3) is 5.69 Å². The summed E-state index contributed by atoms with van der Waals surface area (Å²) < 4.78 is 1.57. The Morgan fingerprint density at radius 1 is 1.31 bits per heavy atom. The normalized spacial score (nSPS) is 11.8. The molecule has 0 aliphatic rings. The van der Waals surface area contributed by atoms with Gasteiger partial charge in [0.05, 0.1) is 29.6 Å². The molecule has 2 aromatic carbocycles. The third-order valence-corrected chi connectivity index (χ3v) is 4.96. The fourth-order valence-electron chi connectivity index (χ4n) is 3.08. The summed E-state index contributed by atoms with van der Waals surface area (Å²) in [6, 6.07) is 14.8. The number of halogens is 1. The van der Waals surface area contributed by atoms with E-state index in [1.54, 1.807) is 41.3 Å². The van der Waals surface area contributed by atoms with E-state index in [-0.39, 0.29) is 18.5 Å². The molecular formula is C21H21ClN6O. The largest absolute Gasteiger partial charge is 0.323 e. The first kappa shape index (κ1) is 20.5. The van der Waals surface area contributed by atoms with E-state index in [0.29, 0.717) is 28.5 Å². The first-order valence-electron chi connectivity index (χ1n) is 9.20. The second kappa shape index (κ2) is 9.32. The quantitative estimate of drug-likeness (QED) is 0.642. The molecule has 0 radical (unpaired) electrons. The zero-order valence-corrected chi connectivity index (χ0v) is 17.0. The summed E-state index contributed by atoms with van der Waals surface area (Å²) in [5.74, 6) is -0.157. The molecule has 148 valence electrons. The topological polar surface area (TPSA) is 86.8 Å². The maximum absolute atomic E-state index is 12.8. The average molecular weight is 409 g/mol. The third-order valence-electron chi connectivity index (χ3n) is 4.72. The van der Waals surface area contributed by atoms with Crippen LogP contribution in [-0.2, 0) is 4.79 Å². The lowest BCUT2D eigenvalue weighted by Gasteiger charge is -2.27. The summed E-state index contributed by atoms with van der Waals surface area (Å²) in [6.45, 7) is 4.95. The predicted molar refractivity (Wildman–Crippen MR) is 112 cm³/mol. The van der Waals surface area contributed by atoms with Gasteiger partial charge < -0.3 is 5.32 Å². The minimum atomic E-state index is -0.157. The number of carbonyl (C=O) groups excluding carboxylic acids is 1. The lowest BCUT2D eigenvalue weighted by Crippen LogP contribution is -2.35. The van der Waals surface area contributed by atoms with Crippen molar-refractivity contribution < 1.29 is 4.79 Å². The molecule has 1 unspecified atom stereocenters. The van der Waals surface area contributed by atoms with Crippen molar-refractivity contribution in [3.8, 4) is 11.8 Å². The van der Waals surface area contributed by atoms with Gasteiger partial charge in [-0.3, -0.25) is 9.69 Å². The van der Waals surface area contributed by atoms with Crippen LogP contribution in [-0.4, -0.2) is 38.7 Å². The summed E-state index contributed by atoms with van der Waals surface area (Å²) in [4.78, 5) is 18.8. The lowest BCUT2D eigenvalue weighted by molar-refractivity contribution is -0.117. The predicted octanol–water partition coefficient (Wildman–Crippen LogP) is 3.81. The monoisotopic (exact) mass is 408 g/mol. The van der Waals surface area contributed by atoms with Gasteiger partial charge in [-0.25, -0.2) is 9.67 Å². The van der Waals surface area contributed by atoms with Gasteiger partial charge in [-0.15, -0.1) is 0 Å². The summed E-state index contributed by atoms with van der Waals surface area (Å²) in [6.07, 6.45) is 2.99. The van der Waals surface area contributed by atoms with Crippen molar-refractivity contribution in [2.75, 3.05) is 18.4 Å². The minimum absolute atomic E-state index is 0.0210. The van der Waals surface area contributed by atoms with Crippen molar-refractivity contribution in [3.05, 3.63) is 71.3 Å². The third kappa shape index (κ3) is 4.99. The van der Waals surface area contributed by atoms with Crippen molar-refractivity contribution in [1.29, 1.82) is 5.26 Å². The van der Waals surface area contributed by atoms with Gasteiger partial charge in [0.1, 0.15) is 12.7 Å². The van der Waals surface area contributed by atoms with Crippen molar-refractivity contribution in [1.82, 2.24) is 19.7 Å². The first-order chi connectivity index (χ1) is 14.0. The van der Waals surface area contributed by atoms with Crippen LogP contribution in [0.1, 0.15) is 31.0 Å². The fraction of sp³-hybridized carbons (Fsp3) is 0.238. The van der Waals surface area contributed by atoms with Crippen LogP contribution < -0.4 is 5.32 Å². The molecule has 0 aliphatic heterocycles. The van der Waals surface area contributed by atoms with E-state index in [2.05, 4.69) is 26.4 Å². The molecule has 1 atom stereocenters. The molecule has 0 saturated carbocycles. The minimum Gasteiger partial charge on any atom is -0.323 e. The lowest BCUT2D eigenvalue weighted by atomic mass is 10.0. The maximum atomic E-state index is 12.8. The van der Waals surface area contributed by atoms with Gasteiger partial charge in [0.15, 0.2) is 0 Å². The van der Waals surface area contributed by atoms with Gasteiger partial charge in [0, 0.05) is 11.1 Å². The Bertz CT molecular complexity index is 1010. The van der Waals surface area contributed by atoms with Gasteiger partial charge in [-0.2, -0.15) is 10.4 Å². The van der Waals surface area contributed by atoms with Crippen LogP contribution in [0, 0.1) is 11.3 Å². The second-order valence-corrected chi connectivity index (χ2v) is 6.96. The molecule has 1 N–H and O–H groups in total. The number of nitrogens with one attached hydrogen (secondary N) is 1. The van der Waals surface area contributed by atoms with Crippen LogP contribution >= 0.6 is 11.6 Å². The van der Waals surface area contributed by atoms with Gasteiger partial charge in [0.25, 0.3) is 0 Å². The molecular weight excluding hydrogens is 388 g/mol. The van der Waals surface area contributed by atoms with Crippen molar-refractivity contribution >= 4 is 23.2 Å². The highest BCUT2D eigenvalue weighted by Gasteiger charge is 2.18. The molecule has 0 aliphatic carbocycles. The zero-order valence-electron chi connectivity index (χ0n) is 16.2. The SMILES string of the molecule is CCN(CC(=O)Nc1cc(Cl)ccc1-n1cncn1)C(C)c1ccc(C#N)cc1. The van der Waals surface area contributed by atoms with E-state index >= 15 is 0 Å². The molecule has 0 fully saturated rings. The van der Waals surface area contributed by atoms with E-state index in [9.17, 15) is 4.79 Å². The van der Waals surface area contributed by atoms with Crippen LogP contribution in [0.3, 0.4) is 0 Å². The Kier molecular flexibility index (Phi) is 6.60. The highest BCUT2D eigenvalue weighted by Crippen LogP contribution is 2.25. The molecule has 7 nitrogen and oxygen atoms in total. The molecule has 1 amide bonds.